The van der Waals surface area contributed by atoms with Crippen molar-refractivity contribution in [2.24, 2.45) is 5.92 Å². The molecule has 6 unspecified atom stereocenters. The summed E-state index contributed by atoms with van der Waals surface area (Å²) < 4.78 is 9.25. The molecule has 0 aromatic carbocycles. The number of carbonyl (C=O) groups is 1. The summed E-state index contributed by atoms with van der Waals surface area (Å²) in [6.45, 7) is 1.81. The first kappa shape index (κ1) is 15.7. The Hall–Kier alpha value is 0.810. The first-order valence-corrected chi connectivity index (χ1v) is 10.5. The molecule has 1 aliphatic heterocycles. The molecule has 0 aromatic heterocycles. The molecule has 0 radical (unpaired) electrons. The zero-order valence-electron chi connectivity index (χ0n) is 11.3. The van der Waals surface area contributed by atoms with Crippen molar-refractivity contribution >= 4 is 28.6 Å². The summed E-state index contributed by atoms with van der Waals surface area (Å²) in [5.74, 6) is 0.0558. The number of aliphatic hydroxyl groups excluding tert-OH is 1. The second-order valence-electron chi connectivity index (χ2n) is 6.67. The monoisotopic (exact) mass is 508 g/mol. The number of nitrogens with one attached hydrogen (secondary N) is 1. The quantitative estimate of drug-likeness (QED) is 0.0999. The van der Waals surface area contributed by atoms with E-state index in [0.29, 0.717) is 29.7 Å². The van der Waals surface area contributed by atoms with Crippen LogP contribution in [0.3, 0.4) is 0 Å². The molecule has 0 spiro atoms. The first-order valence-electron chi connectivity index (χ1n) is 6.94. The predicted molar refractivity (Wildman–Crippen MR) is 76.8 cm³/mol. The van der Waals surface area contributed by atoms with Gasteiger partial charge >= 0.3 is 144 Å². The average Bonchev–Trinajstić information content (AvgIpc) is 3.06. The number of aliphatic hydroxyl groups is 2. The van der Waals surface area contributed by atoms with Crippen LogP contribution in [-0.2, 0) is 9.53 Å². The molecule has 2 aliphatic carbocycles. The van der Waals surface area contributed by atoms with Crippen LogP contribution in [0.4, 0.5) is 0 Å². The average molecular weight is 508 g/mol. The zero-order chi connectivity index (χ0) is 14.5. The van der Waals surface area contributed by atoms with E-state index in [4.69, 9.17) is 4.74 Å². The summed E-state index contributed by atoms with van der Waals surface area (Å²) in [4.78, 5) is 12.3. The fraction of sp³-hybridized carbons (Fsp3) is 0.923. The van der Waals surface area contributed by atoms with Gasteiger partial charge in [-0.2, -0.15) is 0 Å². The van der Waals surface area contributed by atoms with E-state index in [-0.39, 0.29) is 37.3 Å². The number of esters is 1. The number of hydrogen-bond donors (Lipinski definition) is 3. The first-order chi connectivity index (χ1) is 9.29. The maximum absolute atomic E-state index is 12.3. The molecule has 3 aliphatic rings. The van der Waals surface area contributed by atoms with Gasteiger partial charge in [0.1, 0.15) is 0 Å². The van der Waals surface area contributed by atoms with Gasteiger partial charge in [-0.25, -0.2) is 0 Å². The molecule has 7 heteroatoms. The van der Waals surface area contributed by atoms with Crippen molar-refractivity contribution in [1.82, 2.24) is 3.53 Å². The molecule has 20 heavy (non-hydrogen) atoms. The number of hydrogen-bond acceptors (Lipinski definition) is 5. The van der Waals surface area contributed by atoms with E-state index in [9.17, 15) is 15.0 Å². The number of ether oxygens (including phenoxy) is 1. The van der Waals surface area contributed by atoms with Crippen LogP contribution in [0.15, 0.2) is 0 Å². The number of halogens is 2. The second-order valence-corrected chi connectivity index (χ2v) is 10.6. The molecule has 3 N–H and O–H groups in total. The number of alkyl halides is 2. The fourth-order valence-corrected chi connectivity index (χ4v) is 7.02. The molecule has 1 heterocycles. The van der Waals surface area contributed by atoms with E-state index in [1.807, 2.05) is 6.92 Å². The molecule has 2 bridgehead atoms. The summed E-state index contributed by atoms with van der Waals surface area (Å²) in [7, 11) is 0. The Labute approximate surface area is 143 Å². The van der Waals surface area contributed by atoms with E-state index in [0.717, 1.165) is 6.42 Å². The van der Waals surface area contributed by atoms with Gasteiger partial charge in [0, 0.05) is 0 Å². The Balaban J connectivity index is 1.74. The fourth-order valence-electron chi connectivity index (χ4n) is 3.93. The molecule has 3 fully saturated rings. The summed E-state index contributed by atoms with van der Waals surface area (Å²) in [6, 6.07) is 0. The van der Waals surface area contributed by atoms with E-state index >= 15 is 0 Å². The molecule has 0 amide bonds. The van der Waals surface area contributed by atoms with Crippen LogP contribution in [0.25, 0.3) is 0 Å². The van der Waals surface area contributed by atoms with Crippen molar-refractivity contribution in [3.63, 3.8) is 0 Å². The Morgan fingerprint density at radius 2 is 2.20 bits per heavy atom. The van der Waals surface area contributed by atoms with Crippen LogP contribution in [0.5, 0.6) is 0 Å². The van der Waals surface area contributed by atoms with Crippen molar-refractivity contribution in [2.75, 3.05) is 0 Å². The van der Waals surface area contributed by atoms with Crippen molar-refractivity contribution in [3.8, 4) is 0 Å². The van der Waals surface area contributed by atoms with Crippen LogP contribution in [0.2, 0.25) is 0 Å². The summed E-state index contributed by atoms with van der Waals surface area (Å²) in [6.07, 6.45) is 2.66. The van der Waals surface area contributed by atoms with Gasteiger partial charge in [-0.3, -0.25) is 0 Å². The maximum atomic E-state index is 12.3. The van der Waals surface area contributed by atoms with Crippen LogP contribution in [-0.4, -0.2) is 41.5 Å². The summed E-state index contributed by atoms with van der Waals surface area (Å²) >= 11 is 2.12. The number of carbonyl (C=O) groups excluding carboxylic acids is 1. The number of rotatable bonds is 3. The van der Waals surface area contributed by atoms with Crippen molar-refractivity contribution in [3.05, 3.63) is 0 Å². The third-order valence-corrected chi connectivity index (χ3v) is 9.00. The van der Waals surface area contributed by atoms with Crippen molar-refractivity contribution < 1.29 is 41.2 Å². The number of fused-ring (bicyclic) bond motifs is 2. The summed E-state index contributed by atoms with van der Waals surface area (Å²) in [5, 5.41) is 20.5. The van der Waals surface area contributed by atoms with Crippen LogP contribution >= 0.6 is 22.6 Å². The van der Waals surface area contributed by atoms with Gasteiger partial charge in [0.05, 0.1) is 0 Å². The SMILES string of the molecule is CC1(O)CC2CC(O)CC(OC(=O)C(I)C3N[I-]3)(C2)C1. The van der Waals surface area contributed by atoms with Gasteiger partial charge in [-0.1, -0.05) is 0 Å². The molecule has 1 saturated heterocycles. The van der Waals surface area contributed by atoms with Crippen LogP contribution in [0.1, 0.15) is 39.0 Å². The van der Waals surface area contributed by atoms with Gasteiger partial charge in [0.25, 0.3) is 0 Å². The molecule has 2 saturated carbocycles. The van der Waals surface area contributed by atoms with E-state index in [1.54, 1.807) is 0 Å². The Kier molecular flexibility index (Phi) is 4.29. The Morgan fingerprint density at radius 3 is 2.85 bits per heavy atom. The van der Waals surface area contributed by atoms with E-state index in [2.05, 4.69) is 26.1 Å². The van der Waals surface area contributed by atoms with Gasteiger partial charge in [0.2, 0.25) is 0 Å². The topological polar surface area (TPSA) is 88.7 Å². The van der Waals surface area contributed by atoms with Gasteiger partial charge in [-0.05, 0) is 0 Å². The van der Waals surface area contributed by atoms with Gasteiger partial charge < -0.3 is 0 Å². The second kappa shape index (κ2) is 5.47. The summed E-state index contributed by atoms with van der Waals surface area (Å²) in [5.41, 5.74) is -1.47. The Bertz CT molecular complexity index is 411. The molecule has 5 nitrogen and oxygen atoms in total. The van der Waals surface area contributed by atoms with Gasteiger partial charge in [0.15, 0.2) is 0 Å². The standard InChI is InChI=1S/C13H20I2NO4/c1-12(19)3-7-2-8(17)5-13(4-7,6-12)20-11(18)9(14)10-15-16-10/h7-10,16-17,19H,2-6H2,1H3/q-1. The third-order valence-electron chi connectivity index (χ3n) is 4.34. The molecule has 116 valence electrons. The third kappa shape index (κ3) is 3.41. The molecule has 0 aromatic rings. The molecular formula is C13H20I2NO4-. The van der Waals surface area contributed by atoms with Crippen molar-refractivity contribution in [2.45, 2.75) is 64.3 Å². The molecular weight excluding hydrogens is 488 g/mol. The zero-order valence-corrected chi connectivity index (χ0v) is 15.6. The normalized spacial score (nSPS) is 48.9. The van der Waals surface area contributed by atoms with Gasteiger partial charge in [-0.15, -0.1) is 0 Å². The molecule has 6 atom stereocenters. The minimum absolute atomic E-state index is 0.0262. The minimum atomic E-state index is -0.797. The van der Waals surface area contributed by atoms with Crippen LogP contribution < -0.4 is 25.0 Å². The molecule has 3 rings (SSSR count). The van der Waals surface area contributed by atoms with E-state index < -0.39 is 17.3 Å². The van der Waals surface area contributed by atoms with Crippen molar-refractivity contribution in [1.29, 1.82) is 0 Å². The van der Waals surface area contributed by atoms with E-state index in [1.165, 1.54) is 0 Å². The predicted octanol–water partition coefficient (Wildman–Crippen LogP) is -2.29. The van der Waals surface area contributed by atoms with Crippen LogP contribution in [0, 0.1) is 5.92 Å². The Morgan fingerprint density at radius 1 is 1.50 bits per heavy atom.